The summed E-state index contributed by atoms with van der Waals surface area (Å²) >= 11 is 1.75. The van der Waals surface area contributed by atoms with E-state index in [0.29, 0.717) is 23.3 Å². The van der Waals surface area contributed by atoms with Crippen LogP contribution in [-0.2, 0) is 5.41 Å². The molecule has 0 saturated heterocycles. The monoisotopic (exact) mass is 823 g/mol. The predicted octanol–water partition coefficient (Wildman–Crippen LogP) is 13.8. The normalized spacial score (nSPS) is 13.0. The molecular formula is C56H33N5OS. The minimum Gasteiger partial charge on any atom is -0.457 e. The van der Waals surface area contributed by atoms with E-state index in [1.807, 2.05) is 78.9 Å². The van der Waals surface area contributed by atoms with Gasteiger partial charge in [0.15, 0.2) is 23.3 Å². The van der Waals surface area contributed by atoms with Gasteiger partial charge in [0, 0.05) is 49.0 Å². The van der Waals surface area contributed by atoms with E-state index < -0.39 is 5.41 Å². The zero-order valence-corrected chi connectivity index (χ0v) is 34.4. The first-order valence-corrected chi connectivity index (χ1v) is 21.8. The second-order valence-electron chi connectivity index (χ2n) is 15.9. The zero-order valence-electron chi connectivity index (χ0n) is 33.6. The van der Waals surface area contributed by atoms with Crippen LogP contribution < -0.4 is 4.74 Å². The van der Waals surface area contributed by atoms with Crippen molar-refractivity contribution < 1.29 is 4.74 Å². The molecule has 0 radical (unpaired) electrons. The molecule has 0 N–H and O–H groups in total. The van der Waals surface area contributed by atoms with Crippen LogP contribution in [0.1, 0.15) is 22.3 Å². The highest BCUT2D eigenvalue weighted by molar-refractivity contribution is 7.26. The van der Waals surface area contributed by atoms with Crippen molar-refractivity contribution in [1.82, 2.24) is 24.9 Å². The van der Waals surface area contributed by atoms with Crippen molar-refractivity contribution in [3.8, 4) is 79.4 Å². The van der Waals surface area contributed by atoms with Gasteiger partial charge in [0.1, 0.15) is 11.5 Å². The first-order chi connectivity index (χ1) is 31.2. The molecule has 11 aromatic rings. The topological polar surface area (TPSA) is 73.7 Å². The third-order valence-corrected chi connectivity index (χ3v) is 13.6. The maximum atomic E-state index is 6.72. The van der Waals surface area contributed by atoms with E-state index in [1.165, 1.54) is 10.3 Å². The van der Waals surface area contributed by atoms with Gasteiger partial charge in [0.2, 0.25) is 0 Å². The van der Waals surface area contributed by atoms with Crippen LogP contribution in [0.4, 0.5) is 0 Å². The molecule has 3 aromatic heterocycles. The number of hydrogen-bond donors (Lipinski definition) is 0. The Labute approximate surface area is 366 Å². The lowest BCUT2D eigenvalue weighted by atomic mass is 9.66. The fourth-order valence-electron chi connectivity index (χ4n) is 9.63. The molecule has 8 aromatic carbocycles. The van der Waals surface area contributed by atoms with Crippen molar-refractivity contribution in [1.29, 1.82) is 0 Å². The summed E-state index contributed by atoms with van der Waals surface area (Å²) in [7, 11) is 0. The van der Waals surface area contributed by atoms with E-state index in [9.17, 15) is 0 Å². The number of aromatic nitrogens is 5. The third-order valence-electron chi connectivity index (χ3n) is 12.4. The molecule has 294 valence electrons. The lowest BCUT2D eigenvalue weighted by Crippen LogP contribution is -2.32. The van der Waals surface area contributed by atoms with Crippen molar-refractivity contribution in [2.24, 2.45) is 0 Å². The first kappa shape index (κ1) is 35.6. The van der Waals surface area contributed by atoms with Gasteiger partial charge in [-0.2, -0.15) is 0 Å². The molecule has 1 spiro atoms. The minimum absolute atomic E-state index is 0.610. The smallest absolute Gasteiger partial charge is 0.164 e. The lowest BCUT2D eigenvalue weighted by Gasteiger charge is -2.39. The van der Waals surface area contributed by atoms with Crippen LogP contribution >= 0.6 is 11.3 Å². The summed E-state index contributed by atoms with van der Waals surface area (Å²) in [5.41, 5.74) is 12.7. The van der Waals surface area contributed by atoms with E-state index in [0.717, 1.165) is 88.4 Å². The number of nitrogens with zero attached hydrogens (tertiary/aromatic N) is 5. The quantitative estimate of drug-likeness (QED) is 0.172. The molecular weight excluding hydrogens is 791 g/mol. The highest BCUT2D eigenvalue weighted by atomic mass is 32.1. The standard InChI is InChI=1S/C56H33N5OS/c1-4-16-34(17-5-1)52-57-49(51-50(58-52)40-22-10-15-27-48(40)63-51)37-28-30-39-41-32-38(55-60-53(35-18-6-2-7-19-35)59-54(61-55)36-20-8-3-9-21-36)29-31-42(41)56(45(39)33-37)43-23-11-13-25-46(43)62-47-26-14-12-24-44(47)56/h1-33H. The van der Waals surface area contributed by atoms with Crippen LogP contribution in [0, 0.1) is 0 Å². The van der Waals surface area contributed by atoms with Crippen molar-refractivity contribution in [2.45, 2.75) is 5.41 Å². The fraction of sp³-hybridized carbons (Fsp3) is 0.0179. The maximum Gasteiger partial charge on any atom is 0.164 e. The van der Waals surface area contributed by atoms with Gasteiger partial charge < -0.3 is 4.74 Å². The van der Waals surface area contributed by atoms with Crippen LogP contribution in [0.3, 0.4) is 0 Å². The number of para-hydroxylation sites is 2. The number of fused-ring (bicyclic) bond motifs is 12. The van der Waals surface area contributed by atoms with E-state index >= 15 is 0 Å². The van der Waals surface area contributed by atoms with Crippen molar-refractivity contribution in [3.63, 3.8) is 0 Å². The van der Waals surface area contributed by atoms with Crippen molar-refractivity contribution in [3.05, 3.63) is 222 Å². The Balaban J connectivity index is 1.08. The molecule has 0 saturated carbocycles. The first-order valence-electron chi connectivity index (χ1n) is 21.0. The average molecular weight is 824 g/mol. The van der Waals surface area contributed by atoms with Crippen LogP contribution in [0.2, 0.25) is 0 Å². The van der Waals surface area contributed by atoms with E-state index in [-0.39, 0.29) is 0 Å². The summed E-state index contributed by atoms with van der Waals surface area (Å²) in [5, 5.41) is 1.13. The predicted molar refractivity (Wildman–Crippen MR) is 253 cm³/mol. The van der Waals surface area contributed by atoms with E-state index in [2.05, 4.69) is 121 Å². The van der Waals surface area contributed by atoms with Crippen LogP contribution in [0.15, 0.2) is 200 Å². The summed E-state index contributed by atoms with van der Waals surface area (Å²) < 4.78 is 8.97. The molecule has 0 atom stereocenters. The molecule has 0 unspecified atom stereocenters. The van der Waals surface area contributed by atoms with Crippen molar-refractivity contribution >= 4 is 31.6 Å². The lowest BCUT2D eigenvalue weighted by molar-refractivity contribution is 0.436. The Morgan fingerprint density at radius 2 is 0.889 bits per heavy atom. The summed E-state index contributed by atoms with van der Waals surface area (Å²) in [4.78, 5) is 25.9. The molecule has 4 heterocycles. The van der Waals surface area contributed by atoms with E-state index in [4.69, 9.17) is 29.7 Å². The Kier molecular flexibility index (Phi) is 7.89. The SMILES string of the molecule is c1ccc(-c2nc(-c3ccccc3)nc(-c3ccc4c(c3)-c3ccc(-c5nc(-c6ccccc6)nc6c5sc5ccccc56)cc3C43c4ccccc4Oc4ccccc43)n2)cc1. The van der Waals surface area contributed by atoms with Crippen LogP contribution in [-0.4, -0.2) is 24.9 Å². The van der Waals surface area contributed by atoms with Gasteiger partial charge in [-0.3, -0.25) is 0 Å². The molecule has 0 amide bonds. The molecule has 2 aliphatic rings. The maximum absolute atomic E-state index is 6.72. The van der Waals surface area contributed by atoms with Gasteiger partial charge in [0.25, 0.3) is 0 Å². The molecule has 63 heavy (non-hydrogen) atoms. The molecule has 1 aliphatic heterocycles. The average Bonchev–Trinajstić information content (AvgIpc) is 3.87. The number of benzene rings is 8. The van der Waals surface area contributed by atoms with Gasteiger partial charge >= 0.3 is 0 Å². The molecule has 0 bridgehead atoms. The number of hydrogen-bond acceptors (Lipinski definition) is 7. The Hall–Kier alpha value is -8.13. The van der Waals surface area contributed by atoms with E-state index in [1.54, 1.807) is 11.3 Å². The Bertz CT molecular complexity index is 3500. The van der Waals surface area contributed by atoms with Crippen LogP contribution in [0.25, 0.3) is 88.2 Å². The van der Waals surface area contributed by atoms with Crippen LogP contribution in [0.5, 0.6) is 11.5 Å². The number of thiophene rings is 1. The van der Waals surface area contributed by atoms with Gasteiger partial charge in [0.05, 0.1) is 21.3 Å². The Morgan fingerprint density at radius 1 is 0.365 bits per heavy atom. The van der Waals surface area contributed by atoms with Crippen molar-refractivity contribution in [2.75, 3.05) is 0 Å². The number of rotatable bonds is 5. The molecule has 7 heteroatoms. The fourth-order valence-corrected chi connectivity index (χ4v) is 10.8. The third kappa shape index (κ3) is 5.46. The van der Waals surface area contributed by atoms with Gasteiger partial charge in [-0.25, -0.2) is 24.9 Å². The molecule has 0 fully saturated rings. The highest BCUT2D eigenvalue weighted by Gasteiger charge is 2.51. The minimum atomic E-state index is -0.706. The highest BCUT2D eigenvalue weighted by Crippen LogP contribution is 2.63. The summed E-state index contributed by atoms with van der Waals surface area (Å²) in [6, 6.07) is 69.6. The van der Waals surface area contributed by atoms with Gasteiger partial charge in [-0.1, -0.05) is 170 Å². The molecule has 13 rings (SSSR count). The second-order valence-corrected chi connectivity index (χ2v) is 17.0. The molecule has 6 nitrogen and oxygen atoms in total. The summed E-state index contributed by atoms with van der Waals surface area (Å²) in [6.45, 7) is 0. The van der Waals surface area contributed by atoms with Gasteiger partial charge in [-0.05, 0) is 52.6 Å². The Morgan fingerprint density at radius 3 is 1.52 bits per heavy atom. The van der Waals surface area contributed by atoms with Gasteiger partial charge in [-0.15, -0.1) is 11.3 Å². The molecule has 1 aliphatic carbocycles. The summed E-state index contributed by atoms with van der Waals surface area (Å²) in [6.07, 6.45) is 0. The zero-order chi connectivity index (χ0) is 41.5. The second kappa shape index (κ2) is 14.0. The number of ether oxygens (including phenoxy) is 1. The summed E-state index contributed by atoms with van der Waals surface area (Å²) in [5.74, 6) is 4.24. The largest absolute Gasteiger partial charge is 0.457 e.